The molecule has 1 heterocycles. The molecule has 0 spiro atoms. The second-order valence-electron chi connectivity index (χ2n) is 5.85. The summed E-state index contributed by atoms with van der Waals surface area (Å²) in [6.45, 7) is 4.95. The summed E-state index contributed by atoms with van der Waals surface area (Å²) in [6, 6.07) is 0. The largest absolute Gasteiger partial charge is 0.316 e. The van der Waals surface area contributed by atoms with Crippen molar-refractivity contribution in [2.45, 2.75) is 45.4 Å². The zero-order chi connectivity index (χ0) is 11.2. The van der Waals surface area contributed by atoms with Crippen molar-refractivity contribution in [1.29, 1.82) is 0 Å². The second-order valence-corrected chi connectivity index (χ2v) is 7.00. The second kappa shape index (κ2) is 6.90. The Bertz CT molecular complexity index is 181. The number of hydrogen-bond acceptors (Lipinski definition) is 2. The lowest BCUT2D eigenvalue weighted by Crippen LogP contribution is -2.26. The maximum Gasteiger partial charge on any atom is -0.00123 e. The summed E-state index contributed by atoms with van der Waals surface area (Å²) in [7, 11) is 0. The summed E-state index contributed by atoms with van der Waals surface area (Å²) in [4.78, 5) is 0. The molecule has 0 aromatic rings. The van der Waals surface area contributed by atoms with Crippen LogP contribution < -0.4 is 5.32 Å². The number of hydrogen-bond donors (Lipinski definition) is 1. The van der Waals surface area contributed by atoms with Crippen molar-refractivity contribution in [3.05, 3.63) is 0 Å². The highest BCUT2D eigenvalue weighted by molar-refractivity contribution is 7.99. The molecule has 2 aliphatic rings. The Labute approximate surface area is 105 Å². The van der Waals surface area contributed by atoms with Crippen LogP contribution >= 0.6 is 11.8 Å². The van der Waals surface area contributed by atoms with Crippen molar-refractivity contribution in [2.24, 2.45) is 17.8 Å². The molecule has 2 rings (SSSR count). The van der Waals surface area contributed by atoms with E-state index in [1.54, 1.807) is 0 Å². The van der Waals surface area contributed by atoms with Crippen LogP contribution in [0.4, 0.5) is 0 Å². The zero-order valence-corrected chi connectivity index (χ0v) is 11.5. The highest BCUT2D eigenvalue weighted by Crippen LogP contribution is 2.30. The molecule has 0 amide bonds. The van der Waals surface area contributed by atoms with E-state index >= 15 is 0 Å². The Hall–Kier alpha value is 0.310. The fourth-order valence-corrected chi connectivity index (χ4v) is 4.26. The van der Waals surface area contributed by atoms with Gasteiger partial charge in [0.1, 0.15) is 0 Å². The number of rotatable bonds is 5. The SMILES string of the molecule is CC1CCC(CCNCC2CCSC2)CC1. The minimum Gasteiger partial charge on any atom is -0.316 e. The molecular formula is C14H27NS. The fraction of sp³-hybridized carbons (Fsp3) is 1.00. The van der Waals surface area contributed by atoms with Crippen molar-refractivity contribution in [2.75, 3.05) is 24.6 Å². The van der Waals surface area contributed by atoms with E-state index in [-0.39, 0.29) is 0 Å². The van der Waals surface area contributed by atoms with E-state index in [9.17, 15) is 0 Å². The van der Waals surface area contributed by atoms with E-state index in [0.717, 1.165) is 17.8 Å². The molecule has 0 bridgehead atoms. The van der Waals surface area contributed by atoms with Crippen molar-refractivity contribution in [3.8, 4) is 0 Å². The first kappa shape index (κ1) is 12.8. The molecule has 1 N–H and O–H groups in total. The smallest absolute Gasteiger partial charge is 0.00123 e. The fourth-order valence-electron chi connectivity index (χ4n) is 2.97. The molecule has 1 saturated carbocycles. The molecule has 1 atom stereocenters. The van der Waals surface area contributed by atoms with Crippen LogP contribution in [0.1, 0.15) is 45.4 Å². The molecule has 2 fully saturated rings. The Kier molecular flexibility index (Phi) is 5.51. The molecule has 2 heteroatoms. The van der Waals surface area contributed by atoms with Gasteiger partial charge >= 0.3 is 0 Å². The summed E-state index contributed by atoms with van der Waals surface area (Å²) >= 11 is 2.13. The van der Waals surface area contributed by atoms with E-state index in [2.05, 4.69) is 24.0 Å². The third kappa shape index (κ3) is 4.29. The third-order valence-electron chi connectivity index (χ3n) is 4.32. The third-order valence-corrected chi connectivity index (χ3v) is 5.55. The normalized spacial score (nSPS) is 35.4. The summed E-state index contributed by atoms with van der Waals surface area (Å²) < 4.78 is 0. The van der Waals surface area contributed by atoms with Crippen LogP contribution in [-0.4, -0.2) is 24.6 Å². The highest BCUT2D eigenvalue weighted by Gasteiger charge is 2.18. The average molecular weight is 241 g/mol. The Morgan fingerprint density at radius 1 is 1.06 bits per heavy atom. The van der Waals surface area contributed by atoms with Gasteiger partial charge in [-0.05, 0) is 55.2 Å². The van der Waals surface area contributed by atoms with Crippen molar-refractivity contribution in [1.82, 2.24) is 5.32 Å². The van der Waals surface area contributed by atoms with Crippen molar-refractivity contribution in [3.63, 3.8) is 0 Å². The minimum atomic E-state index is 0.969. The lowest BCUT2D eigenvalue weighted by Gasteiger charge is -2.26. The van der Waals surface area contributed by atoms with Crippen molar-refractivity contribution >= 4 is 11.8 Å². The molecule has 0 radical (unpaired) electrons. The maximum absolute atomic E-state index is 3.67. The van der Waals surface area contributed by atoms with Gasteiger partial charge in [0, 0.05) is 0 Å². The van der Waals surface area contributed by atoms with E-state index in [0.29, 0.717) is 0 Å². The molecule has 16 heavy (non-hydrogen) atoms. The maximum atomic E-state index is 3.67. The van der Waals surface area contributed by atoms with E-state index in [1.165, 1.54) is 63.1 Å². The molecule has 1 unspecified atom stereocenters. The monoisotopic (exact) mass is 241 g/mol. The standard InChI is InChI=1S/C14H27NS/c1-12-2-4-13(5-3-12)6-8-15-10-14-7-9-16-11-14/h12-15H,2-11H2,1H3. The predicted octanol–water partition coefficient (Wildman–Crippen LogP) is 3.55. The van der Waals surface area contributed by atoms with Gasteiger partial charge in [-0.2, -0.15) is 11.8 Å². The first-order chi connectivity index (χ1) is 7.84. The molecule has 94 valence electrons. The van der Waals surface area contributed by atoms with E-state index < -0.39 is 0 Å². The minimum absolute atomic E-state index is 0.969. The Balaban J connectivity index is 1.48. The zero-order valence-electron chi connectivity index (χ0n) is 10.7. The Morgan fingerprint density at radius 3 is 2.56 bits per heavy atom. The molecule has 1 aliphatic carbocycles. The van der Waals surface area contributed by atoms with Gasteiger partial charge in [-0.15, -0.1) is 0 Å². The highest BCUT2D eigenvalue weighted by atomic mass is 32.2. The van der Waals surface area contributed by atoms with Gasteiger partial charge in [-0.25, -0.2) is 0 Å². The van der Waals surface area contributed by atoms with Gasteiger partial charge in [0.25, 0.3) is 0 Å². The van der Waals surface area contributed by atoms with Crippen LogP contribution in [0.25, 0.3) is 0 Å². The Morgan fingerprint density at radius 2 is 1.88 bits per heavy atom. The van der Waals surface area contributed by atoms with Gasteiger partial charge in [-0.3, -0.25) is 0 Å². The lowest BCUT2D eigenvalue weighted by atomic mass is 9.81. The van der Waals surface area contributed by atoms with E-state index in [1.807, 2.05) is 0 Å². The molecule has 1 aliphatic heterocycles. The quantitative estimate of drug-likeness (QED) is 0.739. The van der Waals surface area contributed by atoms with Gasteiger partial charge < -0.3 is 5.32 Å². The summed E-state index contributed by atoms with van der Waals surface area (Å²) in [5.41, 5.74) is 0. The van der Waals surface area contributed by atoms with Crippen LogP contribution in [-0.2, 0) is 0 Å². The summed E-state index contributed by atoms with van der Waals surface area (Å²) in [6.07, 6.45) is 8.79. The summed E-state index contributed by atoms with van der Waals surface area (Å²) in [5, 5.41) is 3.67. The predicted molar refractivity (Wildman–Crippen MR) is 74.0 cm³/mol. The molecule has 0 aromatic heterocycles. The van der Waals surface area contributed by atoms with Crippen LogP contribution in [0.5, 0.6) is 0 Å². The van der Waals surface area contributed by atoms with E-state index in [4.69, 9.17) is 0 Å². The molecule has 0 aromatic carbocycles. The first-order valence-electron chi connectivity index (χ1n) is 7.13. The topological polar surface area (TPSA) is 12.0 Å². The van der Waals surface area contributed by atoms with Gasteiger partial charge in [0.15, 0.2) is 0 Å². The summed E-state index contributed by atoms with van der Waals surface area (Å²) in [5.74, 6) is 5.79. The van der Waals surface area contributed by atoms with Gasteiger partial charge in [-0.1, -0.05) is 32.6 Å². The average Bonchev–Trinajstić information content (AvgIpc) is 2.80. The molecular weight excluding hydrogens is 214 g/mol. The number of nitrogens with one attached hydrogen (secondary N) is 1. The van der Waals surface area contributed by atoms with Crippen molar-refractivity contribution < 1.29 is 0 Å². The molecule has 1 saturated heterocycles. The lowest BCUT2D eigenvalue weighted by molar-refractivity contribution is 0.274. The van der Waals surface area contributed by atoms with Crippen LogP contribution in [0.3, 0.4) is 0 Å². The first-order valence-corrected chi connectivity index (χ1v) is 8.28. The van der Waals surface area contributed by atoms with Crippen LogP contribution in [0.15, 0.2) is 0 Å². The number of thioether (sulfide) groups is 1. The van der Waals surface area contributed by atoms with Gasteiger partial charge in [0.2, 0.25) is 0 Å². The van der Waals surface area contributed by atoms with Crippen LogP contribution in [0, 0.1) is 17.8 Å². The van der Waals surface area contributed by atoms with Gasteiger partial charge in [0.05, 0.1) is 0 Å². The molecule has 1 nitrogen and oxygen atoms in total. The van der Waals surface area contributed by atoms with Crippen LogP contribution in [0.2, 0.25) is 0 Å².